The van der Waals surface area contributed by atoms with E-state index in [4.69, 9.17) is 5.73 Å². The van der Waals surface area contributed by atoms with E-state index < -0.39 is 6.67 Å². The van der Waals surface area contributed by atoms with Crippen molar-refractivity contribution in [1.82, 2.24) is 4.90 Å². The molecule has 0 saturated carbocycles. The smallest absolute Gasteiger partial charge is 0.120 e. The van der Waals surface area contributed by atoms with E-state index >= 15 is 0 Å². The fourth-order valence-corrected chi connectivity index (χ4v) is 2.59. The molecule has 0 spiro atoms. The van der Waals surface area contributed by atoms with E-state index in [1.165, 1.54) is 0 Å². The topological polar surface area (TPSA) is 49.5 Å². The van der Waals surface area contributed by atoms with E-state index in [2.05, 4.69) is 4.90 Å². The van der Waals surface area contributed by atoms with Crippen LogP contribution in [0.5, 0.6) is 5.75 Å². The van der Waals surface area contributed by atoms with Gasteiger partial charge in [0, 0.05) is 18.2 Å². The fraction of sp³-hybridized carbons (Fsp3) is 0.538. The van der Waals surface area contributed by atoms with Crippen LogP contribution in [0.25, 0.3) is 0 Å². The van der Waals surface area contributed by atoms with Crippen molar-refractivity contribution < 1.29 is 9.50 Å². The number of alkyl halides is 1. The Labute approximate surface area is 101 Å². The number of benzene rings is 1. The van der Waals surface area contributed by atoms with Crippen molar-refractivity contribution in [2.24, 2.45) is 11.7 Å². The number of hydrogen-bond donors (Lipinski definition) is 2. The molecule has 4 heteroatoms. The molecule has 1 aliphatic heterocycles. The molecule has 2 rings (SSSR count). The highest BCUT2D eigenvalue weighted by Crippen LogP contribution is 2.38. The second kappa shape index (κ2) is 5.02. The van der Waals surface area contributed by atoms with Crippen molar-refractivity contribution >= 4 is 0 Å². The molecule has 2 atom stereocenters. The van der Waals surface area contributed by atoms with Crippen molar-refractivity contribution in [2.45, 2.75) is 19.1 Å². The summed E-state index contributed by atoms with van der Waals surface area (Å²) in [6.07, 6.45) is 0.927. The molecular formula is C13H19FN2O. The minimum absolute atomic E-state index is 0.148. The van der Waals surface area contributed by atoms with Gasteiger partial charge in [-0.25, -0.2) is 4.39 Å². The van der Waals surface area contributed by atoms with Crippen LogP contribution in [0.3, 0.4) is 0 Å². The number of nitrogens with two attached hydrogens (primary N) is 1. The maximum Gasteiger partial charge on any atom is 0.120 e. The highest BCUT2D eigenvalue weighted by Gasteiger charge is 2.31. The largest absolute Gasteiger partial charge is 0.508 e. The number of aromatic hydroxyl groups is 1. The van der Waals surface area contributed by atoms with Crippen LogP contribution in [0.1, 0.15) is 23.6 Å². The normalized spacial score (nSPS) is 25.4. The molecule has 2 unspecified atom stereocenters. The third-order valence-corrected chi connectivity index (χ3v) is 3.57. The van der Waals surface area contributed by atoms with Crippen LogP contribution >= 0.6 is 0 Å². The van der Waals surface area contributed by atoms with Gasteiger partial charge < -0.3 is 10.8 Å². The molecule has 1 heterocycles. The Hall–Kier alpha value is -1.13. The fourth-order valence-electron chi connectivity index (χ4n) is 2.59. The number of rotatable bonds is 3. The molecule has 0 radical (unpaired) electrons. The average Bonchev–Trinajstić information content (AvgIpc) is 2.71. The summed E-state index contributed by atoms with van der Waals surface area (Å²) < 4.78 is 12.6. The summed E-state index contributed by atoms with van der Waals surface area (Å²) in [5.41, 5.74) is 7.11. The van der Waals surface area contributed by atoms with Crippen molar-refractivity contribution in [3.63, 3.8) is 0 Å². The van der Waals surface area contributed by atoms with Gasteiger partial charge in [-0.15, -0.1) is 0 Å². The lowest BCUT2D eigenvalue weighted by Gasteiger charge is -2.21. The SMILES string of the molecule is CN1CC(CN)CC1c1cc(CF)ccc1O. The van der Waals surface area contributed by atoms with Crippen molar-refractivity contribution in [3.8, 4) is 5.75 Å². The Balaban J connectivity index is 2.27. The highest BCUT2D eigenvalue weighted by atomic mass is 19.1. The molecule has 94 valence electrons. The number of hydrogen-bond acceptors (Lipinski definition) is 3. The van der Waals surface area contributed by atoms with Crippen LogP contribution in [-0.4, -0.2) is 30.1 Å². The first-order valence-electron chi connectivity index (χ1n) is 5.93. The van der Waals surface area contributed by atoms with Gasteiger partial charge in [-0.1, -0.05) is 6.07 Å². The van der Waals surface area contributed by atoms with Crippen molar-refractivity contribution in [3.05, 3.63) is 29.3 Å². The van der Waals surface area contributed by atoms with Gasteiger partial charge in [-0.2, -0.15) is 0 Å². The van der Waals surface area contributed by atoms with Gasteiger partial charge in [0.05, 0.1) is 0 Å². The maximum atomic E-state index is 12.6. The summed E-state index contributed by atoms with van der Waals surface area (Å²) >= 11 is 0. The molecule has 0 amide bonds. The van der Waals surface area contributed by atoms with Gasteiger partial charge in [0.1, 0.15) is 12.4 Å². The van der Waals surface area contributed by atoms with Gasteiger partial charge >= 0.3 is 0 Å². The number of phenols is 1. The van der Waals surface area contributed by atoms with Gasteiger partial charge in [-0.3, -0.25) is 4.90 Å². The first-order valence-corrected chi connectivity index (χ1v) is 5.93. The molecular weight excluding hydrogens is 219 g/mol. The average molecular weight is 238 g/mol. The van der Waals surface area contributed by atoms with Crippen molar-refractivity contribution in [1.29, 1.82) is 0 Å². The minimum Gasteiger partial charge on any atom is -0.508 e. The maximum absolute atomic E-state index is 12.6. The molecule has 0 aromatic heterocycles. The van der Waals surface area contributed by atoms with Gasteiger partial charge in [0.15, 0.2) is 0 Å². The lowest BCUT2D eigenvalue weighted by molar-refractivity contribution is 0.305. The minimum atomic E-state index is -0.496. The molecule has 3 N–H and O–H groups in total. The Kier molecular flexibility index (Phi) is 3.64. The first kappa shape index (κ1) is 12.3. The third-order valence-electron chi connectivity index (χ3n) is 3.57. The Morgan fingerprint density at radius 3 is 2.88 bits per heavy atom. The number of phenolic OH excluding ortho intramolecular Hbond substituents is 1. The molecule has 0 aliphatic carbocycles. The van der Waals surface area contributed by atoms with Gasteiger partial charge in [-0.05, 0) is 43.6 Å². The monoisotopic (exact) mass is 238 g/mol. The van der Waals surface area contributed by atoms with Crippen LogP contribution in [0.4, 0.5) is 4.39 Å². The highest BCUT2D eigenvalue weighted by molar-refractivity contribution is 5.38. The van der Waals surface area contributed by atoms with Crippen LogP contribution in [0, 0.1) is 5.92 Å². The molecule has 0 bridgehead atoms. The molecule has 1 aromatic carbocycles. The predicted molar refractivity (Wildman–Crippen MR) is 65.5 cm³/mol. The van der Waals surface area contributed by atoms with E-state index in [1.807, 2.05) is 7.05 Å². The zero-order chi connectivity index (χ0) is 12.4. The van der Waals surface area contributed by atoms with Crippen LogP contribution in [0.15, 0.2) is 18.2 Å². The Morgan fingerprint density at radius 2 is 2.29 bits per heavy atom. The van der Waals surface area contributed by atoms with Gasteiger partial charge in [0.25, 0.3) is 0 Å². The van der Waals surface area contributed by atoms with E-state index in [0.29, 0.717) is 18.0 Å². The van der Waals surface area contributed by atoms with E-state index in [-0.39, 0.29) is 11.8 Å². The van der Waals surface area contributed by atoms with E-state index in [0.717, 1.165) is 18.5 Å². The van der Waals surface area contributed by atoms with E-state index in [9.17, 15) is 9.50 Å². The lowest BCUT2D eigenvalue weighted by atomic mass is 9.97. The summed E-state index contributed by atoms with van der Waals surface area (Å²) in [4.78, 5) is 2.18. The zero-order valence-corrected chi connectivity index (χ0v) is 10.1. The molecule has 1 aliphatic rings. The first-order chi connectivity index (χ1) is 8.15. The summed E-state index contributed by atoms with van der Waals surface area (Å²) in [6, 6.07) is 5.10. The predicted octanol–water partition coefficient (Wildman–Crippen LogP) is 1.81. The summed E-state index contributed by atoms with van der Waals surface area (Å²) in [5.74, 6) is 0.704. The molecule has 1 saturated heterocycles. The zero-order valence-electron chi connectivity index (χ0n) is 10.1. The number of nitrogens with zero attached hydrogens (tertiary/aromatic N) is 1. The van der Waals surface area contributed by atoms with Crippen LogP contribution in [0.2, 0.25) is 0 Å². The number of halogens is 1. The number of likely N-dealkylation sites (tertiary alicyclic amines) is 1. The summed E-state index contributed by atoms with van der Waals surface area (Å²) in [6.45, 7) is 1.09. The molecule has 17 heavy (non-hydrogen) atoms. The Morgan fingerprint density at radius 1 is 1.53 bits per heavy atom. The quantitative estimate of drug-likeness (QED) is 0.844. The molecule has 1 aromatic rings. The second-order valence-corrected chi connectivity index (χ2v) is 4.82. The summed E-state index contributed by atoms with van der Waals surface area (Å²) in [5, 5.41) is 9.89. The van der Waals surface area contributed by atoms with Gasteiger partial charge in [0.2, 0.25) is 0 Å². The summed E-state index contributed by atoms with van der Waals surface area (Å²) in [7, 11) is 2.02. The lowest BCUT2D eigenvalue weighted by Crippen LogP contribution is -2.20. The van der Waals surface area contributed by atoms with Crippen LogP contribution < -0.4 is 5.73 Å². The third kappa shape index (κ3) is 2.42. The van der Waals surface area contributed by atoms with E-state index in [1.54, 1.807) is 18.2 Å². The van der Waals surface area contributed by atoms with Crippen molar-refractivity contribution in [2.75, 3.05) is 20.1 Å². The standard InChI is InChI=1S/C13H19FN2O/c1-16-8-10(7-15)5-12(16)11-4-9(6-14)2-3-13(11)17/h2-4,10,12,17H,5-8,15H2,1H3. The molecule has 3 nitrogen and oxygen atoms in total. The Bertz CT molecular complexity index is 397. The second-order valence-electron chi connectivity index (χ2n) is 4.82. The molecule has 1 fully saturated rings. The van der Waals surface area contributed by atoms with Crippen LogP contribution in [-0.2, 0) is 6.67 Å².